The van der Waals surface area contributed by atoms with Crippen LogP contribution in [-0.4, -0.2) is 18.7 Å². The van der Waals surface area contributed by atoms with Crippen molar-refractivity contribution in [2.75, 3.05) is 13.6 Å². The Bertz CT molecular complexity index is 453. The van der Waals surface area contributed by atoms with Gasteiger partial charge in [0.15, 0.2) is 0 Å². The molecule has 80 valence electrons. The molecule has 3 nitrogen and oxygen atoms in total. The van der Waals surface area contributed by atoms with Gasteiger partial charge in [0.25, 0.3) is 0 Å². The van der Waals surface area contributed by atoms with Crippen molar-refractivity contribution in [2.24, 2.45) is 0 Å². The van der Waals surface area contributed by atoms with E-state index in [1.54, 1.807) is 0 Å². The van der Waals surface area contributed by atoms with E-state index in [4.69, 9.17) is 16.1 Å². The highest BCUT2D eigenvalue weighted by atomic mass is 35.5. The molecule has 0 aliphatic rings. The monoisotopic (exact) mass is 224 g/mol. The van der Waals surface area contributed by atoms with Gasteiger partial charge >= 0.3 is 0 Å². The van der Waals surface area contributed by atoms with Crippen LogP contribution in [0.25, 0.3) is 10.9 Å². The quantitative estimate of drug-likeness (QED) is 0.812. The van der Waals surface area contributed by atoms with Crippen molar-refractivity contribution in [3.8, 4) is 0 Å². The lowest BCUT2D eigenvalue weighted by Crippen LogP contribution is -2.08. The van der Waals surface area contributed by atoms with Crippen LogP contribution in [0.5, 0.6) is 0 Å². The molecule has 0 atom stereocenters. The number of nitrogens with one attached hydrogen (secondary N) is 1. The van der Waals surface area contributed by atoms with Crippen LogP contribution in [0.1, 0.15) is 12.2 Å². The molecule has 2 aromatic rings. The standard InChI is InChI=1S/C11H13ClN2O/c1-13-6-2-3-11-9-5-4-8(12)7-10(9)14-15-11/h4-5,7,13H,2-3,6H2,1H3. The summed E-state index contributed by atoms with van der Waals surface area (Å²) in [6, 6.07) is 5.65. The van der Waals surface area contributed by atoms with Crippen molar-refractivity contribution < 1.29 is 4.52 Å². The smallest absolute Gasteiger partial charge is 0.144 e. The predicted octanol–water partition coefficient (Wildman–Crippen LogP) is 2.63. The van der Waals surface area contributed by atoms with Crippen molar-refractivity contribution in [2.45, 2.75) is 12.8 Å². The number of rotatable bonds is 4. The summed E-state index contributed by atoms with van der Waals surface area (Å²) in [4.78, 5) is 0. The van der Waals surface area contributed by atoms with E-state index < -0.39 is 0 Å². The molecule has 0 unspecified atom stereocenters. The van der Waals surface area contributed by atoms with E-state index in [9.17, 15) is 0 Å². The summed E-state index contributed by atoms with van der Waals surface area (Å²) in [7, 11) is 1.94. The van der Waals surface area contributed by atoms with Crippen LogP contribution in [0.3, 0.4) is 0 Å². The molecule has 0 saturated carbocycles. The van der Waals surface area contributed by atoms with E-state index in [1.165, 1.54) is 0 Å². The van der Waals surface area contributed by atoms with Gasteiger partial charge in [-0.3, -0.25) is 0 Å². The van der Waals surface area contributed by atoms with E-state index in [2.05, 4.69) is 10.5 Å². The van der Waals surface area contributed by atoms with Crippen molar-refractivity contribution in [3.05, 3.63) is 29.0 Å². The number of aryl methyl sites for hydroxylation is 1. The van der Waals surface area contributed by atoms with Gasteiger partial charge in [-0.1, -0.05) is 16.8 Å². The van der Waals surface area contributed by atoms with E-state index in [-0.39, 0.29) is 0 Å². The molecule has 0 amide bonds. The Kier molecular flexibility index (Phi) is 3.23. The first-order valence-electron chi connectivity index (χ1n) is 4.99. The van der Waals surface area contributed by atoms with Gasteiger partial charge in [-0.15, -0.1) is 0 Å². The molecule has 0 radical (unpaired) electrons. The summed E-state index contributed by atoms with van der Waals surface area (Å²) in [5, 5.41) is 8.84. The maximum atomic E-state index is 5.86. The summed E-state index contributed by atoms with van der Waals surface area (Å²) in [5.41, 5.74) is 0.835. The van der Waals surface area contributed by atoms with Crippen molar-refractivity contribution in [3.63, 3.8) is 0 Å². The second-order valence-corrected chi connectivity index (χ2v) is 3.91. The average Bonchev–Trinajstić information content (AvgIpc) is 2.61. The Morgan fingerprint density at radius 2 is 2.33 bits per heavy atom. The highest BCUT2D eigenvalue weighted by Gasteiger charge is 2.07. The Labute approximate surface area is 93.4 Å². The van der Waals surface area contributed by atoms with Crippen LogP contribution < -0.4 is 5.32 Å². The fraction of sp³-hybridized carbons (Fsp3) is 0.364. The Morgan fingerprint density at radius 3 is 3.13 bits per heavy atom. The largest absolute Gasteiger partial charge is 0.360 e. The van der Waals surface area contributed by atoms with Crippen LogP contribution in [0, 0.1) is 0 Å². The maximum Gasteiger partial charge on any atom is 0.144 e. The van der Waals surface area contributed by atoms with Crippen molar-refractivity contribution in [1.29, 1.82) is 0 Å². The van der Waals surface area contributed by atoms with E-state index in [0.717, 1.165) is 36.0 Å². The number of fused-ring (bicyclic) bond motifs is 1. The molecule has 0 aliphatic heterocycles. The summed E-state index contributed by atoms with van der Waals surface area (Å²) < 4.78 is 5.28. The molecule has 4 heteroatoms. The second-order valence-electron chi connectivity index (χ2n) is 3.47. The number of benzene rings is 1. The van der Waals surface area contributed by atoms with E-state index in [0.29, 0.717) is 5.02 Å². The van der Waals surface area contributed by atoms with Gasteiger partial charge in [-0.2, -0.15) is 0 Å². The van der Waals surface area contributed by atoms with Crippen molar-refractivity contribution >= 4 is 22.5 Å². The minimum absolute atomic E-state index is 0.692. The highest BCUT2D eigenvalue weighted by molar-refractivity contribution is 6.31. The molecule has 0 bridgehead atoms. The van der Waals surface area contributed by atoms with Gasteiger partial charge in [-0.25, -0.2) is 0 Å². The van der Waals surface area contributed by atoms with Crippen LogP contribution in [0.4, 0.5) is 0 Å². The van der Waals surface area contributed by atoms with Crippen LogP contribution in [-0.2, 0) is 6.42 Å². The zero-order chi connectivity index (χ0) is 10.7. The molecule has 1 heterocycles. The highest BCUT2D eigenvalue weighted by Crippen LogP contribution is 2.22. The number of hydrogen-bond acceptors (Lipinski definition) is 3. The first-order valence-corrected chi connectivity index (χ1v) is 5.37. The molecular weight excluding hydrogens is 212 g/mol. The molecule has 0 spiro atoms. The van der Waals surface area contributed by atoms with Gasteiger partial charge in [0.2, 0.25) is 0 Å². The second kappa shape index (κ2) is 4.64. The van der Waals surface area contributed by atoms with Gasteiger partial charge in [0.1, 0.15) is 11.3 Å². The summed E-state index contributed by atoms with van der Waals surface area (Å²) >= 11 is 5.86. The molecule has 0 aliphatic carbocycles. The van der Waals surface area contributed by atoms with Gasteiger partial charge in [0, 0.05) is 16.8 Å². The molecule has 1 N–H and O–H groups in total. The topological polar surface area (TPSA) is 38.1 Å². The molecule has 0 saturated heterocycles. The number of hydrogen-bond donors (Lipinski definition) is 1. The Morgan fingerprint density at radius 1 is 1.47 bits per heavy atom. The molecule has 1 aromatic carbocycles. The minimum Gasteiger partial charge on any atom is -0.360 e. The Hall–Kier alpha value is -1.06. The number of nitrogens with zero attached hydrogens (tertiary/aromatic N) is 1. The molecule has 1 aromatic heterocycles. The zero-order valence-electron chi connectivity index (χ0n) is 8.59. The van der Waals surface area contributed by atoms with Gasteiger partial charge in [0.05, 0.1) is 0 Å². The summed E-state index contributed by atoms with van der Waals surface area (Å²) in [6.45, 7) is 0.982. The van der Waals surface area contributed by atoms with E-state index >= 15 is 0 Å². The maximum absolute atomic E-state index is 5.86. The first-order chi connectivity index (χ1) is 7.31. The van der Waals surface area contributed by atoms with Crippen LogP contribution in [0.15, 0.2) is 22.7 Å². The summed E-state index contributed by atoms with van der Waals surface area (Å²) in [6.07, 6.45) is 1.95. The van der Waals surface area contributed by atoms with Crippen molar-refractivity contribution in [1.82, 2.24) is 10.5 Å². The van der Waals surface area contributed by atoms with E-state index in [1.807, 2.05) is 25.2 Å². The lowest BCUT2D eigenvalue weighted by atomic mass is 10.1. The normalized spacial score (nSPS) is 11.1. The predicted molar refractivity (Wildman–Crippen MR) is 61.3 cm³/mol. The molecule has 15 heavy (non-hydrogen) atoms. The Balaban J connectivity index is 2.21. The van der Waals surface area contributed by atoms with Crippen LogP contribution in [0.2, 0.25) is 5.02 Å². The zero-order valence-corrected chi connectivity index (χ0v) is 9.34. The SMILES string of the molecule is CNCCCc1onc2cc(Cl)ccc12. The van der Waals surface area contributed by atoms with Gasteiger partial charge in [-0.05, 0) is 38.2 Å². The molecular formula is C11H13ClN2O. The third-order valence-electron chi connectivity index (χ3n) is 2.34. The lowest BCUT2D eigenvalue weighted by molar-refractivity contribution is 0.388. The molecule has 2 rings (SSSR count). The first kappa shape index (κ1) is 10.5. The fourth-order valence-electron chi connectivity index (χ4n) is 1.58. The lowest BCUT2D eigenvalue weighted by Gasteiger charge is -1.96. The summed E-state index contributed by atoms with van der Waals surface area (Å²) in [5.74, 6) is 0.942. The molecule has 0 fully saturated rings. The fourth-order valence-corrected chi connectivity index (χ4v) is 1.74. The number of halogens is 1. The van der Waals surface area contributed by atoms with Crippen LogP contribution >= 0.6 is 11.6 Å². The third-order valence-corrected chi connectivity index (χ3v) is 2.58. The third kappa shape index (κ3) is 2.30. The number of aromatic nitrogens is 1. The average molecular weight is 225 g/mol. The van der Waals surface area contributed by atoms with Gasteiger partial charge < -0.3 is 9.84 Å². The minimum atomic E-state index is 0.692.